The number of ether oxygens (including phenoxy) is 1. The maximum atomic E-state index is 12.6. The van der Waals surface area contributed by atoms with Crippen LogP contribution in [0.3, 0.4) is 0 Å². The van der Waals surface area contributed by atoms with Crippen molar-refractivity contribution >= 4 is 17.5 Å². The highest BCUT2D eigenvalue weighted by Crippen LogP contribution is 2.21. The number of likely N-dealkylation sites (N-methyl/N-ethyl adjacent to an activating group) is 1. The fourth-order valence-corrected chi connectivity index (χ4v) is 3.95. The summed E-state index contributed by atoms with van der Waals surface area (Å²) in [5.74, 6) is 3.49. The molecule has 0 spiro atoms. The van der Waals surface area contributed by atoms with Crippen molar-refractivity contribution in [3.63, 3.8) is 0 Å². The predicted octanol–water partition coefficient (Wildman–Crippen LogP) is 1.57. The van der Waals surface area contributed by atoms with E-state index in [0.717, 1.165) is 62.5 Å². The predicted molar refractivity (Wildman–Crippen MR) is 122 cm³/mol. The first kappa shape index (κ1) is 21.4. The van der Waals surface area contributed by atoms with Crippen molar-refractivity contribution in [2.75, 3.05) is 75.8 Å². The number of amides is 1. The Hall–Kier alpha value is -2.87. The van der Waals surface area contributed by atoms with Gasteiger partial charge in [-0.3, -0.25) is 4.79 Å². The number of hydrogen-bond acceptors (Lipinski definition) is 7. The molecule has 1 aromatic carbocycles. The van der Waals surface area contributed by atoms with Gasteiger partial charge in [-0.2, -0.15) is 0 Å². The lowest BCUT2D eigenvalue weighted by molar-refractivity contribution is -0.133. The van der Waals surface area contributed by atoms with Crippen molar-refractivity contribution < 1.29 is 9.53 Å². The third kappa shape index (κ3) is 5.44. The monoisotopic (exact) mass is 424 g/mol. The third-order valence-electron chi connectivity index (χ3n) is 5.98. The number of anilines is 2. The Labute approximate surface area is 184 Å². The number of hydrogen-bond donors (Lipinski definition) is 0. The Morgan fingerprint density at radius 1 is 0.871 bits per heavy atom. The van der Waals surface area contributed by atoms with E-state index in [2.05, 4.69) is 37.8 Å². The molecule has 8 nitrogen and oxygen atoms in total. The van der Waals surface area contributed by atoms with Gasteiger partial charge in [-0.25, -0.2) is 9.97 Å². The molecular formula is C23H32N6O2. The Balaban J connectivity index is 1.32. The minimum atomic E-state index is 0.0252. The van der Waals surface area contributed by atoms with Crippen LogP contribution in [0.1, 0.15) is 11.4 Å². The molecule has 0 bridgehead atoms. The minimum Gasteiger partial charge on any atom is -0.484 e. The number of carbonyl (C=O) groups is 1. The summed E-state index contributed by atoms with van der Waals surface area (Å²) in [6.07, 6.45) is 0. The van der Waals surface area contributed by atoms with Crippen LogP contribution in [0.2, 0.25) is 0 Å². The van der Waals surface area contributed by atoms with Gasteiger partial charge < -0.3 is 24.3 Å². The molecule has 2 aliphatic rings. The average Bonchev–Trinajstić information content (AvgIpc) is 2.78. The molecule has 8 heteroatoms. The SMILES string of the molecule is Cc1ccc(OCC(=O)N2CCN(c3cc(N4CCN(C)CC4)nc(C)n3)CC2)cc1. The van der Waals surface area contributed by atoms with Gasteiger partial charge in [0.25, 0.3) is 5.91 Å². The van der Waals surface area contributed by atoms with Crippen molar-refractivity contribution in [3.05, 3.63) is 41.7 Å². The van der Waals surface area contributed by atoms with Crippen LogP contribution in [0.25, 0.3) is 0 Å². The molecule has 3 heterocycles. The van der Waals surface area contributed by atoms with Crippen molar-refractivity contribution in [2.24, 2.45) is 0 Å². The first-order valence-electron chi connectivity index (χ1n) is 11.0. The number of rotatable bonds is 5. The van der Waals surface area contributed by atoms with Crippen molar-refractivity contribution in [1.29, 1.82) is 0 Å². The fourth-order valence-electron chi connectivity index (χ4n) is 3.95. The van der Waals surface area contributed by atoms with E-state index in [4.69, 9.17) is 4.74 Å². The van der Waals surface area contributed by atoms with Crippen LogP contribution in [-0.2, 0) is 4.79 Å². The van der Waals surface area contributed by atoms with Crippen molar-refractivity contribution in [1.82, 2.24) is 19.8 Å². The van der Waals surface area contributed by atoms with Gasteiger partial charge in [0, 0.05) is 58.4 Å². The smallest absolute Gasteiger partial charge is 0.260 e. The number of aromatic nitrogens is 2. The fraction of sp³-hybridized carbons (Fsp3) is 0.522. The summed E-state index contributed by atoms with van der Waals surface area (Å²) in [5.41, 5.74) is 1.17. The van der Waals surface area contributed by atoms with Gasteiger partial charge in [0.1, 0.15) is 23.2 Å². The van der Waals surface area contributed by atoms with E-state index in [1.165, 1.54) is 5.56 Å². The van der Waals surface area contributed by atoms with Gasteiger partial charge in [0.05, 0.1) is 0 Å². The van der Waals surface area contributed by atoms with Crippen LogP contribution < -0.4 is 14.5 Å². The lowest BCUT2D eigenvalue weighted by Gasteiger charge is -2.36. The van der Waals surface area contributed by atoms with Gasteiger partial charge in [-0.05, 0) is 33.0 Å². The molecule has 0 radical (unpaired) electrons. The van der Waals surface area contributed by atoms with E-state index >= 15 is 0 Å². The van der Waals surface area contributed by atoms with E-state index in [0.29, 0.717) is 13.1 Å². The Morgan fingerprint density at radius 2 is 1.42 bits per heavy atom. The molecule has 2 fully saturated rings. The topological polar surface area (TPSA) is 65.0 Å². The van der Waals surface area contributed by atoms with Crippen molar-refractivity contribution in [2.45, 2.75) is 13.8 Å². The minimum absolute atomic E-state index is 0.0252. The first-order chi connectivity index (χ1) is 15.0. The summed E-state index contributed by atoms with van der Waals surface area (Å²) >= 11 is 0. The molecule has 2 aliphatic heterocycles. The largest absolute Gasteiger partial charge is 0.484 e. The van der Waals surface area contributed by atoms with E-state index in [-0.39, 0.29) is 12.5 Å². The van der Waals surface area contributed by atoms with Gasteiger partial charge >= 0.3 is 0 Å². The second kappa shape index (κ2) is 9.51. The van der Waals surface area contributed by atoms with E-state index < -0.39 is 0 Å². The molecule has 0 atom stereocenters. The summed E-state index contributed by atoms with van der Waals surface area (Å²) in [4.78, 5) is 30.7. The Morgan fingerprint density at radius 3 is 2.00 bits per heavy atom. The van der Waals surface area contributed by atoms with Gasteiger partial charge in [0.15, 0.2) is 6.61 Å². The molecule has 0 N–H and O–H groups in total. The summed E-state index contributed by atoms with van der Waals surface area (Å²) in [7, 11) is 2.15. The second-order valence-corrected chi connectivity index (χ2v) is 8.39. The molecular weight excluding hydrogens is 392 g/mol. The highest BCUT2D eigenvalue weighted by molar-refractivity contribution is 5.78. The first-order valence-corrected chi connectivity index (χ1v) is 11.0. The standard InChI is InChI=1S/C23H32N6O2/c1-18-4-6-20(7-5-18)31-17-23(30)29-14-12-28(13-15-29)22-16-21(24-19(2)25-22)27-10-8-26(3)9-11-27/h4-7,16H,8-15,17H2,1-3H3. The quantitative estimate of drug-likeness (QED) is 0.722. The van der Waals surface area contributed by atoms with E-state index in [1.807, 2.05) is 43.0 Å². The number of aryl methyl sites for hydroxylation is 2. The maximum absolute atomic E-state index is 12.6. The molecule has 166 valence electrons. The lowest BCUT2D eigenvalue weighted by Crippen LogP contribution is -2.50. The molecule has 0 unspecified atom stereocenters. The Bertz CT molecular complexity index is 887. The molecule has 2 aromatic rings. The Kier molecular flexibility index (Phi) is 6.56. The lowest BCUT2D eigenvalue weighted by atomic mass is 10.2. The van der Waals surface area contributed by atoms with Crippen molar-refractivity contribution in [3.8, 4) is 5.75 Å². The van der Waals surface area contributed by atoms with E-state index in [9.17, 15) is 4.79 Å². The zero-order valence-electron chi connectivity index (χ0n) is 18.8. The number of piperazine rings is 2. The summed E-state index contributed by atoms with van der Waals surface area (Å²) in [6, 6.07) is 9.86. The zero-order chi connectivity index (χ0) is 21.8. The summed E-state index contributed by atoms with van der Waals surface area (Å²) in [6.45, 7) is 11.0. The molecule has 2 saturated heterocycles. The highest BCUT2D eigenvalue weighted by atomic mass is 16.5. The number of nitrogens with zero attached hydrogens (tertiary/aromatic N) is 6. The molecule has 1 aromatic heterocycles. The zero-order valence-corrected chi connectivity index (χ0v) is 18.8. The molecule has 0 aliphatic carbocycles. The van der Waals surface area contributed by atoms with Crippen LogP contribution in [0.5, 0.6) is 5.75 Å². The third-order valence-corrected chi connectivity index (χ3v) is 5.98. The summed E-state index contributed by atoms with van der Waals surface area (Å²) in [5, 5.41) is 0. The summed E-state index contributed by atoms with van der Waals surface area (Å²) < 4.78 is 5.66. The molecule has 0 saturated carbocycles. The molecule has 1 amide bonds. The van der Waals surface area contributed by atoms with Crippen LogP contribution >= 0.6 is 0 Å². The van der Waals surface area contributed by atoms with Gasteiger partial charge in [-0.15, -0.1) is 0 Å². The normalized spacial score (nSPS) is 17.7. The van der Waals surface area contributed by atoms with Gasteiger partial charge in [-0.1, -0.05) is 17.7 Å². The highest BCUT2D eigenvalue weighted by Gasteiger charge is 2.24. The van der Waals surface area contributed by atoms with E-state index in [1.54, 1.807) is 0 Å². The van der Waals surface area contributed by atoms with Gasteiger partial charge in [0.2, 0.25) is 0 Å². The van der Waals surface area contributed by atoms with Crippen LogP contribution in [0, 0.1) is 13.8 Å². The van der Waals surface area contributed by atoms with Crippen LogP contribution in [0.4, 0.5) is 11.6 Å². The molecule has 4 rings (SSSR count). The van der Waals surface area contributed by atoms with Crippen LogP contribution in [-0.4, -0.2) is 91.7 Å². The maximum Gasteiger partial charge on any atom is 0.260 e. The second-order valence-electron chi connectivity index (χ2n) is 8.39. The van der Waals surface area contributed by atoms with Crippen LogP contribution in [0.15, 0.2) is 30.3 Å². The number of benzene rings is 1. The molecule has 31 heavy (non-hydrogen) atoms. The number of carbonyl (C=O) groups excluding carboxylic acids is 1. The average molecular weight is 425 g/mol.